The molecular weight excluding hydrogens is 326 g/mol. The second kappa shape index (κ2) is 5.56. The van der Waals surface area contributed by atoms with Crippen molar-refractivity contribution in [3.05, 3.63) is 58.0 Å². The lowest BCUT2D eigenvalue weighted by Crippen LogP contribution is -2.27. The van der Waals surface area contributed by atoms with Crippen LogP contribution in [0.4, 0.5) is 0 Å². The number of fused-ring (bicyclic) bond motifs is 2. The SMILES string of the molecule is CCc1ncc2c(n1)CN(C(=O)c1c(C)nc3ccc(Cl)cn13)C2. The zero-order valence-electron chi connectivity index (χ0n) is 13.5. The van der Waals surface area contributed by atoms with E-state index < -0.39 is 0 Å². The highest BCUT2D eigenvalue weighted by Crippen LogP contribution is 2.24. The van der Waals surface area contributed by atoms with Crippen LogP contribution >= 0.6 is 11.6 Å². The summed E-state index contributed by atoms with van der Waals surface area (Å²) in [4.78, 5) is 28.1. The molecule has 0 N–H and O–H groups in total. The van der Waals surface area contributed by atoms with Gasteiger partial charge < -0.3 is 4.90 Å². The van der Waals surface area contributed by atoms with Crippen LogP contribution in [-0.2, 0) is 19.5 Å². The summed E-state index contributed by atoms with van der Waals surface area (Å²) in [5.74, 6) is 0.735. The fourth-order valence-electron chi connectivity index (χ4n) is 3.05. The van der Waals surface area contributed by atoms with Crippen molar-refractivity contribution >= 4 is 23.2 Å². The Balaban J connectivity index is 1.70. The van der Waals surface area contributed by atoms with Crippen molar-refractivity contribution in [2.45, 2.75) is 33.4 Å². The van der Waals surface area contributed by atoms with Crippen LogP contribution in [0.15, 0.2) is 24.5 Å². The number of aromatic nitrogens is 4. The third kappa shape index (κ3) is 2.34. The van der Waals surface area contributed by atoms with E-state index >= 15 is 0 Å². The molecule has 7 heteroatoms. The number of hydrogen-bond donors (Lipinski definition) is 0. The van der Waals surface area contributed by atoms with E-state index in [4.69, 9.17) is 11.6 Å². The molecule has 0 fully saturated rings. The molecule has 0 radical (unpaired) electrons. The number of nitrogens with zero attached hydrogens (tertiary/aromatic N) is 5. The summed E-state index contributed by atoms with van der Waals surface area (Å²) >= 11 is 6.08. The molecule has 0 spiro atoms. The van der Waals surface area contributed by atoms with Crippen molar-refractivity contribution in [3.63, 3.8) is 0 Å². The van der Waals surface area contributed by atoms with Gasteiger partial charge in [0.1, 0.15) is 17.2 Å². The largest absolute Gasteiger partial charge is 0.327 e. The fourth-order valence-corrected chi connectivity index (χ4v) is 3.21. The molecule has 0 saturated heterocycles. The summed E-state index contributed by atoms with van der Waals surface area (Å²) in [6.07, 6.45) is 4.33. The Bertz CT molecular complexity index is 965. The van der Waals surface area contributed by atoms with Gasteiger partial charge in [-0.25, -0.2) is 15.0 Å². The maximum Gasteiger partial charge on any atom is 0.273 e. The number of rotatable bonds is 2. The van der Waals surface area contributed by atoms with Gasteiger partial charge in [-0.3, -0.25) is 9.20 Å². The molecule has 0 aromatic carbocycles. The van der Waals surface area contributed by atoms with Gasteiger partial charge in [0.2, 0.25) is 0 Å². The Kier molecular flexibility index (Phi) is 3.49. The lowest BCUT2D eigenvalue weighted by atomic mass is 10.3. The third-order valence-corrected chi connectivity index (χ3v) is 4.49. The smallest absolute Gasteiger partial charge is 0.273 e. The highest BCUT2D eigenvalue weighted by molar-refractivity contribution is 6.30. The Morgan fingerprint density at radius 2 is 2.12 bits per heavy atom. The van der Waals surface area contributed by atoms with Crippen molar-refractivity contribution < 1.29 is 4.79 Å². The Morgan fingerprint density at radius 1 is 1.29 bits per heavy atom. The predicted octanol–water partition coefficient (Wildman–Crippen LogP) is 2.80. The molecule has 4 rings (SSSR count). The average Bonchev–Trinajstić information content (AvgIpc) is 3.13. The molecule has 122 valence electrons. The number of hydrogen-bond acceptors (Lipinski definition) is 4. The molecule has 6 nitrogen and oxygen atoms in total. The maximum atomic E-state index is 13.1. The van der Waals surface area contributed by atoms with Crippen LogP contribution in [-0.4, -0.2) is 30.2 Å². The van der Waals surface area contributed by atoms with Crippen molar-refractivity contribution in [3.8, 4) is 0 Å². The quantitative estimate of drug-likeness (QED) is 0.719. The first-order valence-electron chi connectivity index (χ1n) is 7.84. The van der Waals surface area contributed by atoms with Crippen LogP contribution in [0.1, 0.15) is 40.2 Å². The van der Waals surface area contributed by atoms with Crippen LogP contribution in [0.2, 0.25) is 5.02 Å². The van der Waals surface area contributed by atoms with E-state index in [2.05, 4.69) is 15.0 Å². The normalized spacial score (nSPS) is 13.5. The maximum absolute atomic E-state index is 13.1. The number of amides is 1. The first-order valence-corrected chi connectivity index (χ1v) is 8.21. The van der Waals surface area contributed by atoms with E-state index in [9.17, 15) is 4.79 Å². The van der Waals surface area contributed by atoms with Gasteiger partial charge in [-0.2, -0.15) is 0 Å². The monoisotopic (exact) mass is 341 g/mol. The molecule has 0 saturated carbocycles. The summed E-state index contributed by atoms with van der Waals surface area (Å²) in [5, 5.41) is 0.567. The molecule has 0 atom stereocenters. The molecule has 24 heavy (non-hydrogen) atoms. The van der Waals surface area contributed by atoms with E-state index in [0.717, 1.165) is 23.5 Å². The zero-order valence-corrected chi connectivity index (χ0v) is 14.2. The molecule has 4 heterocycles. The Hall–Kier alpha value is -2.47. The number of aryl methyl sites for hydroxylation is 2. The second-order valence-electron chi connectivity index (χ2n) is 5.89. The third-order valence-electron chi connectivity index (χ3n) is 4.27. The standard InChI is InChI=1S/C17H16ClN5O/c1-3-14-19-6-11-7-22(9-13(11)21-14)17(24)16-10(2)20-15-5-4-12(18)8-23(15)16/h4-6,8H,3,7,9H2,1-2H3. The minimum Gasteiger partial charge on any atom is -0.327 e. The van der Waals surface area contributed by atoms with E-state index in [-0.39, 0.29) is 5.91 Å². The number of pyridine rings is 1. The summed E-state index contributed by atoms with van der Waals surface area (Å²) in [6, 6.07) is 3.58. The van der Waals surface area contributed by atoms with E-state index in [1.807, 2.05) is 26.1 Å². The van der Waals surface area contributed by atoms with Gasteiger partial charge in [0.05, 0.1) is 23.0 Å². The van der Waals surface area contributed by atoms with Crippen LogP contribution in [0.5, 0.6) is 0 Å². The number of imidazole rings is 1. The van der Waals surface area contributed by atoms with Crippen molar-refractivity contribution in [1.82, 2.24) is 24.3 Å². The molecule has 3 aromatic rings. The van der Waals surface area contributed by atoms with Crippen LogP contribution in [0, 0.1) is 6.92 Å². The van der Waals surface area contributed by atoms with Crippen molar-refractivity contribution in [2.75, 3.05) is 0 Å². The minimum atomic E-state index is -0.0710. The summed E-state index contributed by atoms with van der Waals surface area (Å²) in [6.45, 7) is 4.87. The van der Waals surface area contributed by atoms with Crippen LogP contribution in [0.25, 0.3) is 5.65 Å². The first kappa shape index (κ1) is 15.1. The molecule has 0 unspecified atom stereocenters. The predicted molar refractivity (Wildman–Crippen MR) is 89.9 cm³/mol. The van der Waals surface area contributed by atoms with E-state index in [1.54, 1.807) is 21.6 Å². The molecular formula is C17H16ClN5O. The molecule has 1 aliphatic rings. The van der Waals surface area contributed by atoms with Gasteiger partial charge in [-0.05, 0) is 19.1 Å². The molecule has 1 amide bonds. The lowest BCUT2D eigenvalue weighted by molar-refractivity contribution is 0.0742. The van der Waals surface area contributed by atoms with Gasteiger partial charge in [-0.1, -0.05) is 18.5 Å². The average molecular weight is 342 g/mol. The summed E-state index contributed by atoms with van der Waals surface area (Å²) in [7, 11) is 0. The topological polar surface area (TPSA) is 63.4 Å². The van der Waals surface area contributed by atoms with Gasteiger partial charge in [0.15, 0.2) is 0 Å². The van der Waals surface area contributed by atoms with Crippen LogP contribution in [0.3, 0.4) is 0 Å². The van der Waals surface area contributed by atoms with Gasteiger partial charge in [0, 0.05) is 30.9 Å². The van der Waals surface area contributed by atoms with E-state index in [1.165, 1.54) is 0 Å². The Morgan fingerprint density at radius 3 is 2.92 bits per heavy atom. The van der Waals surface area contributed by atoms with Crippen molar-refractivity contribution in [2.24, 2.45) is 0 Å². The Labute approximate surface area is 144 Å². The van der Waals surface area contributed by atoms with Gasteiger partial charge >= 0.3 is 0 Å². The molecule has 3 aromatic heterocycles. The number of halogens is 1. The molecule has 0 aliphatic carbocycles. The molecule has 1 aliphatic heterocycles. The number of carbonyl (C=O) groups is 1. The van der Waals surface area contributed by atoms with Gasteiger partial charge in [0.25, 0.3) is 5.91 Å². The number of carbonyl (C=O) groups excluding carboxylic acids is 1. The van der Waals surface area contributed by atoms with E-state index in [0.29, 0.717) is 35.1 Å². The van der Waals surface area contributed by atoms with Crippen LogP contribution < -0.4 is 0 Å². The fraction of sp³-hybridized carbons (Fsp3) is 0.294. The first-order chi connectivity index (χ1) is 11.6. The second-order valence-corrected chi connectivity index (χ2v) is 6.33. The minimum absolute atomic E-state index is 0.0710. The lowest BCUT2D eigenvalue weighted by Gasteiger charge is -2.15. The van der Waals surface area contributed by atoms with Crippen molar-refractivity contribution in [1.29, 1.82) is 0 Å². The summed E-state index contributed by atoms with van der Waals surface area (Å²) in [5.41, 5.74) is 3.89. The van der Waals surface area contributed by atoms with Gasteiger partial charge in [-0.15, -0.1) is 0 Å². The highest BCUT2D eigenvalue weighted by Gasteiger charge is 2.29. The highest BCUT2D eigenvalue weighted by atomic mass is 35.5. The zero-order chi connectivity index (χ0) is 16.8. The summed E-state index contributed by atoms with van der Waals surface area (Å²) < 4.78 is 1.76. The molecule has 0 bridgehead atoms.